The molecule has 1 aromatic heterocycles. The molecule has 2 aliphatic heterocycles. The zero-order chi connectivity index (χ0) is 14.3. The van der Waals surface area contributed by atoms with E-state index < -0.39 is 0 Å². The number of thiophene rings is 1. The van der Waals surface area contributed by atoms with Crippen LogP contribution in [-0.4, -0.2) is 61.0 Å². The van der Waals surface area contributed by atoms with Crippen LogP contribution in [0.15, 0.2) is 17.5 Å². The molecule has 2 amide bonds. The smallest absolute Gasteiger partial charge is 0.264 e. The molecule has 108 valence electrons. The molecule has 0 unspecified atom stereocenters. The number of ether oxygens (including phenoxy) is 1. The molecule has 0 radical (unpaired) electrons. The van der Waals surface area contributed by atoms with E-state index in [4.69, 9.17) is 4.74 Å². The van der Waals surface area contributed by atoms with Gasteiger partial charge in [-0.3, -0.25) is 9.59 Å². The molecule has 5 nitrogen and oxygen atoms in total. The first-order valence-electron chi connectivity index (χ1n) is 6.77. The Morgan fingerprint density at radius 2 is 2.25 bits per heavy atom. The Morgan fingerprint density at radius 1 is 1.45 bits per heavy atom. The number of hydrogen-bond donors (Lipinski definition) is 0. The third kappa shape index (κ3) is 2.13. The molecule has 0 bridgehead atoms. The standard InChI is InChI=1S/C14H18N2O3S/c1-15(2)13(17)9-8-16(10-5-6-19-12(9)10)14(18)11-4-3-7-20-11/h3-4,7,9-10,12H,5-6,8H2,1-2H3/t9-,10+,12+/m1/s1. The van der Waals surface area contributed by atoms with Gasteiger partial charge in [0, 0.05) is 27.2 Å². The molecule has 0 aliphatic carbocycles. The number of carbonyl (C=O) groups excluding carboxylic acids is 2. The van der Waals surface area contributed by atoms with Crippen molar-refractivity contribution in [2.24, 2.45) is 5.92 Å². The zero-order valence-electron chi connectivity index (χ0n) is 11.6. The number of rotatable bonds is 2. The molecule has 3 heterocycles. The van der Waals surface area contributed by atoms with Crippen LogP contribution in [-0.2, 0) is 9.53 Å². The van der Waals surface area contributed by atoms with Gasteiger partial charge in [0.1, 0.15) is 0 Å². The van der Waals surface area contributed by atoms with Crippen LogP contribution in [0.1, 0.15) is 16.1 Å². The lowest BCUT2D eigenvalue weighted by atomic mass is 10.0. The third-order valence-corrected chi connectivity index (χ3v) is 4.90. The molecule has 0 aromatic carbocycles. The number of likely N-dealkylation sites (tertiary alicyclic amines) is 1. The van der Waals surface area contributed by atoms with E-state index in [-0.39, 0.29) is 29.9 Å². The first-order valence-corrected chi connectivity index (χ1v) is 7.65. The van der Waals surface area contributed by atoms with E-state index in [9.17, 15) is 9.59 Å². The fourth-order valence-electron chi connectivity index (χ4n) is 3.09. The van der Waals surface area contributed by atoms with Crippen molar-refractivity contribution in [2.45, 2.75) is 18.6 Å². The molecule has 2 fully saturated rings. The number of fused-ring (bicyclic) bond motifs is 1. The van der Waals surface area contributed by atoms with Gasteiger partial charge in [0.25, 0.3) is 5.91 Å². The second kappa shape index (κ2) is 5.18. The van der Waals surface area contributed by atoms with Crippen LogP contribution in [0.2, 0.25) is 0 Å². The van der Waals surface area contributed by atoms with Gasteiger partial charge in [-0.05, 0) is 17.9 Å². The summed E-state index contributed by atoms with van der Waals surface area (Å²) in [6.45, 7) is 1.09. The largest absolute Gasteiger partial charge is 0.375 e. The van der Waals surface area contributed by atoms with Crippen molar-refractivity contribution in [3.8, 4) is 0 Å². The first-order chi connectivity index (χ1) is 9.59. The first kappa shape index (κ1) is 13.6. The van der Waals surface area contributed by atoms with Crippen LogP contribution in [0.4, 0.5) is 0 Å². The van der Waals surface area contributed by atoms with E-state index in [1.165, 1.54) is 11.3 Å². The van der Waals surface area contributed by atoms with Gasteiger partial charge in [-0.1, -0.05) is 6.07 Å². The van der Waals surface area contributed by atoms with Crippen molar-refractivity contribution < 1.29 is 14.3 Å². The van der Waals surface area contributed by atoms with E-state index >= 15 is 0 Å². The normalized spacial score (nSPS) is 28.5. The molecule has 2 aliphatic rings. The summed E-state index contributed by atoms with van der Waals surface area (Å²) in [6, 6.07) is 3.75. The van der Waals surface area contributed by atoms with Gasteiger partial charge in [0.15, 0.2) is 0 Å². The summed E-state index contributed by atoms with van der Waals surface area (Å²) in [5.41, 5.74) is 0. The topological polar surface area (TPSA) is 49.9 Å². The van der Waals surface area contributed by atoms with Crippen molar-refractivity contribution >= 4 is 23.2 Å². The monoisotopic (exact) mass is 294 g/mol. The molecule has 3 atom stereocenters. The lowest BCUT2D eigenvalue weighted by molar-refractivity contribution is -0.135. The van der Waals surface area contributed by atoms with Crippen LogP contribution >= 0.6 is 11.3 Å². The van der Waals surface area contributed by atoms with Gasteiger partial charge in [0.05, 0.1) is 22.9 Å². The summed E-state index contributed by atoms with van der Waals surface area (Å²) >= 11 is 1.44. The second-order valence-corrected chi connectivity index (χ2v) is 6.41. The maximum absolute atomic E-state index is 12.5. The lowest BCUT2D eigenvalue weighted by Gasteiger charge is -2.21. The zero-order valence-corrected chi connectivity index (χ0v) is 12.4. The Hall–Kier alpha value is -1.40. The van der Waals surface area contributed by atoms with E-state index in [2.05, 4.69) is 0 Å². The van der Waals surface area contributed by atoms with Crippen molar-refractivity contribution in [2.75, 3.05) is 27.2 Å². The van der Waals surface area contributed by atoms with Crippen molar-refractivity contribution in [3.05, 3.63) is 22.4 Å². The molecule has 0 N–H and O–H groups in total. The Kier molecular flexibility index (Phi) is 3.52. The molecule has 2 saturated heterocycles. The minimum absolute atomic E-state index is 0.0227. The average Bonchev–Trinajstić information content (AvgIpc) is 3.13. The Labute approximate surface area is 122 Å². The Balaban J connectivity index is 1.83. The number of carbonyl (C=O) groups is 2. The third-order valence-electron chi connectivity index (χ3n) is 4.04. The molecule has 0 saturated carbocycles. The quantitative estimate of drug-likeness (QED) is 0.820. The summed E-state index contributed by atoms with van der Waals surface area (Å²) in [5, 5.41) is 1.90. The van der Waals surface area contributed by atoms with E-state index in [1.54, 1.807) is 19.0 Å². The summed E-state index contributed by atoms with van der Waals surface area (Å²) in [7, 11) is 3.49. The molecule has 6 heteroatoms. The van der Waals surface area contributed by atoms with Crippen LogP contribution < -0.4 is 0 Å². The van der Waals surface area contributed by atoms with Crippen LogP contribution in [0.5, 0.6) is 0 Å². The maximum Gasteiger partial charge on any atom is 0.264 e. The Morgan fingerprint density at radius 3 is 2.90 bits per heavy atom. The van der Waals surface area contributed by atoms with Gasteiger partial charge in [-0.25, -0.2) is 0 Å². The minimum atomic E-state index is -0.235. The van der Waals surface area contributed by atoms with Crippen LogP contribution in [0, 0.1) is 5.92 Å². The van der Waals surface area contributed by atoms with Gasteiger partial charge in [-0.15, -0.1) is 11.3 Å². The van der Waals surface area contributed by atoms with Crippen LogP contribution in [0.25, 0.3) is 0 Å². The average molecular weight is 294 g/mol. The highest BCUT2D eigenvalue weighted by atomic mass is 32.1. The highest BCUT2D eigenvalue weighted by molar-refractivity contribution is 7.12. The van der Waals surface area contributed by atoms with Crippen LogP contribution in [0.3, 0.4) is 0 Å². The lowest BCUT2D eigenvalue weighted by Crippen LogP contribution is -2.37. The van der Waals surface area contributed by atoms with Gasteiger partial charge >= 0.3 is 0 Å². The minimum Gasteiger partial charge on any atom is -0.375 e. The number of hydrogen-bond acceptors (Lipinski definition) is 4. The molecule has 0 spiro atoms. The summed E-state index contributed by atoms with van der Waals surface area (Å²) in [5.74, 6) is -0.167. The number of amides is 2. The highest BCUT2D eigenvalue weighted by Crippen LogP contribution is 2.35. The molecule has 1 aromatic rings. The summed E-state index contributed by atoms with van der Waals surface area (Å²) in [4.78, 5) is 28.9. The van der Waals surface area contributed by atoms with Crippen molar-refractivity contribution in [1.29, 1.82) is 0 Å². The van der Waals surface area contributed by atoms with Gasteiger partial charge < -0.3 is 14.5 Å². The molecule has 20 heavy (non-hydrogen) atoms. The highest BCUT2D eigenvalue weighted by Gasteiger charge is 2.50. The second-order valence-electron chi connectivity index (χ2n) is 5.47. The SMILES string of the molecule is CN(C)C(=O)[C@@H]1CN(C(=O)c2cccs2)[C@H]2CCO[C@@H]12. The van der Waals surface area contributed by atoms with Gasteiger partial charge in [0.2, 0.25) is 5.91 Å². The van der Waals surface area contributed by atoms with E-state index in [0.29, 0.717) is 13.2 Å². The van der Waals surface area contributed by atoms with Crippen molar-refractivity contribution in [1.82, 2.24) is 9.80 Å². The number of nitrogens with zero attached hydrogens (tertiary/aromatic N) is 2. The summed E-state index contributed by atoms with van der Waals surface area (Å²) in [6.07, 6.45) is 0.674. The maximum atomic E-state index is 12.5. The van der Waals surface area contributed by atoms with E-state index in [0.717, 1.165) is 11.3 Å². The van der Waals surface area contributed by atoms with Gasteiger partial charge in [-0.2, -0.15) is 0 Å². The molecular formula is C14H18N2O3S. The predicted octanol–water partition coefficient (Wildman–Crippen LogP) is 1.07. The fraction of sp³-hybridized carbons (Fsp3) is 0.571. The van der Waals surface area contributed by atoms with E-state index in [1.807, 2.05) is 22.4 Å². The molecular weight excluding hydrogens is 276 g/mol. The predicted molar refractivity (Wildman–Crippen MR) is 75.7 cm³/mol. The Bertz CT molecular complexity index is 514. The fourth-order valence-corrected chi connectivity index (χ4v) is 3.77. The van der Waals surface area contributed by atoms with Crippen molar-refractivity contribution in [3.63, 3.8) is 0 Å². The summed E-state index contributed by atoms with van der Waals surface area (Å²) < 4.78 is 5.72. The molecule has 3 rings (SSSR count).